The zero-order valence-corrected chi connectivity index (χ0v) is 16.9. The van der Waals surface area contributed by atoms with Crippen LogP contribution in [0.1, 0.15) is 32.3 Å². The number of aryl methyl sites for hydroxylation is 1. The Bertz CT molecular complexity index is 709. The Balaban J connectivity index is 1.45. The lowest BCUT2D eigenvalue weighted by molar-refractivity contribution is -0.148. The van der Waals surface area contributed by atoms with E-state index in [1.165, 1.54) is 6.07 Å². The summed E-state index contributed by atoms with van der Waals surface area (Å²) in [7, 11) is 0. The highest BCUT2D eigenvalue weighted by atomic mass is 19.1. The molecule has 2 aliphatic rings. The molecule has 7 heteroatoms. The van der Waals surface area contributed by atoms with Gasteiger partial charge in [0.2, 0.25) is 11.8 Å². The Labute approximate surface area is 166 Å². The Morgan fingerprint density at radius 3 is 2.43 bits per heavy atom. The van der Waals surface area contributed by atoms with Crippen molar-refractivity contribution in [3.63, 3.8) is 0 Å². The molecule has 1 aromatic rings. The van der Waals surface area contributed by atoms with E-state index in [1.54, 1.807) is 19.1 Å². The molecule has 3 rings (SSSR count). The molecule has 0 radical (unpaired) electrons. The molecule has 0 aromatic heterocycles. The molecule has 2 amide bonds. The van der Waals surface area contributed by atoms with Gasteiger partial charge >= 0.3 is 0 Å². The van der Waals surface area contributed by atoms with Crippen LogP contribution in [-0.4, -0.2) is 66.5 Å². The summed E-state index contributed by atoms with van der Waals surface area (Å²) in [6.07, 6.45) is 1.66. The topological polar surface area (TPSA) is 61.9 Å². The standard InChI is InChI=1S/C21H30FN3O3/c1-14-4-5-18(10-19(14)22)23-20(26)13-24-8-6-17(7-9-24)21(27)25-11-15(2)28-16(3)12-25/h4-5,10,15-17H,6-9,11-13H2,1-3H3,(H,23,26). The van der Waals surface area contributed by atoms with E-state index in [9.17, 15) is 14.0 Å². The number of carbonyl (C=O) groups is 2. The quantitative estimate of drug-likeness (QED) is 0.856. The highest BCUT2D eigenvalue weighted by molar-refractivity contribution is 5.92. The molecule has 1 N–H and O–H groups in total. The van der Waals surface area contributed by atoms with Crippen molar-refractivity contribution in [3.8, 4) is 0 Å². The molecule has 154 valence electrons. The van der Waals surface area contributed by atoms with Gasteiger partial charge in [-0.1, -0.05) is 6.07 Å². The Morgan fingerprint density at radius 1 is 1.18 bits per heavy atom. The average molecular weight is 391 g/mol. The third-order valence-electron chi connectivity index (χ3n) is 5.49. The van der Waals surface area contributed by atoms with Crippen molar-refractivity contribution >= 4 is 17.5 Å². The van der Waals surface area contributed by atoms with Crippen LogP contribution in [0.5, 0.6) is 0 Å². The molecule has 2 atom stereocenters. The monoisotopic (exact) mass is 391 g/mol. The van der Waals surface area contributed by atoms with E-state index >= 15 is 0 Å². The van der Waals surface area contributed by atoms with Crippen LogP contribution in [0.25, 0.3) is 0 Å². The van der Waals surface area contributed by atoms with Crippen molar-refractivity contribution in [1.82, 2.24) is 9.80 Å². The minimum absolute atomic E-state index is 0.0167. The second kappa shape index (κ2) is 9.01. The number of benzene rings is 1. The zero-order valence-electron chi connectivity index (χ0n) is 16.9. The summed E-state index contributed by atoms with van der Waals surface area (Å²) in [5, 5.41) is 2.74. The van der Waals surface area contributed by atoms with Crippen molar-refractivity contribution in [1.29, 1.82) is 0 Å². The second-order valence-electron chi connectivity index (χ2n) is 8.06. The SMILES string of the molecule is Cc1ccc(NC(=O)CN2CCC(C(=O)N3CC(C)OC(C)C3)CC2)cc1F. The lowest BCUT2D eigenvalue weighted by Crippen LogP contribution is -2.51. The number of carbonyl (C=O) groups excluding carboxylic acids is 2. The summed E-state index contributed by atoms with van der Waals surface area (Å²) in [5.41, 5.74) is 1.02. The molecule has 0 aliphatic carbocycles. The van der Waals surface area contributed by atoms with Crippen LogP contribution >= 0.6 is 0 Å². The Kier molecular flexibility index (Phi) is 6.67. The van der Waals surface area contributed by atoms with E-state index in [0.717, 1.165) is 12.8 Å². The first kappa shape index (κ1) is 20.7. The number of amides is 2. The van der Waals surface area contributed by atoms with Gasteiger partial charge in [0.25, 0.3) is 0 Å². The third kappa shape index (κ3) is 5.29. The number of piperidine rings is 1. The van der Waals surface area contributed by atoms with E-state index < -0.39 is 0 Å². The van der Waals surface area contributed by atoms with E-state index in [4.69, 9.17) is 4.74 Å². The van der Waals surface area contributed by atoms with Crippen LogP contribution < -0.4 is 5.32 Å². The van der Waals surface area contributed by atoms with Gasteiger partial charge in [-0.05, 0) is 64.4 Å². The number of anilines is 1. The molecular weight excluding hydrogens is 361 g/mol. The molecule has 2 aliphatic heterocycles. The minimum Gasteiger partial charge on any atom is -0.372 e. The number of morpholine rings is 1. The number of rotatable bonds is 4. The summed E-state index contributed by atoms with van der Waals surface area (Å²) < 4.78 is 19.3. The first-order valence-electron chi connectivity index (χ1n) is 10.0. The van der Waals surface area contributed by atoms with Crippen molar-refractivity contribution in [2.75, 3.05) is 38.0 Å². The first-order valence-corrected chi connectivity index (χ1v) is 10.0. The maximum absolute atomic E-state index is 13.6. The van der Waals surface area contributed by atoms with Gasteiger partial charge in [-0.25, -0.2) is 4.39 Å². The number of nitrogens with one attached hydrogen (secondary N) is 1. The molecular formula is C21H30FN3O3. The van der Waals surface area contributed by atoms with Gasteiger partial charge < -0.3 is 15.0 Å². The highest BCUT2D eigenvalue weighted by Crippen LogP contribution is 2.22. The van der Waals surface area contributed by atoms with Gasteiger partial charge in [-0.15, -0.1) is 0 Å². The van der Waals surface area contributed by atoms with E-state index in [2.05, 4.69) is 5.32 Å². The molecule has 0 saturated carbocycles. The van der Waals surface area contributed by atoms with E-state index in [-0.39, 0.29) is 42.3 Å². The van der Waals surface area contributed by atoms with Gasteiger partial charge in [0.05, 0.1) is 18.8 Å². The number of halogens is 1. The Hall–Kier alpha value is -1.99. The molecule has 0 bridgehead atoms. The third-order valence-corrected chi connectivity index (χ3v) is 5.49. The van der Waals surface area contributed by atoms with Crippen molar-refractivity contribution in [2.45, 2.75) is 45.8 Å². The normalized spacial score (nSPS) is 24.2. The van der Waals surface area contributed by atoms with Crippen molar-refractivity contribution in [3.05, 3.63) is 29.6 Å². The number of ether oxygens (including phenoxy) is 1. The van der Waals surface area contributed by atoms with E-state index in [1.807, 2.05) is 23.6 Å². The van der Waals surface area contributed by atoms with Crippen LogP contribution in [0.3, 0.4) is 0 Å². The molecule has 2 saturated heterocycles. The van der Waals surface area contributed by atoms with Gasteiger partial charge in [0.15, 0.2) is 0 Å². The van der Waals surface area contributed by atoms with Gasteiger partial charge in [-0.3, -0.25) is 14.5 Å². The van der Waals surface area contributed by atoms with Gasteiger partial charge in [-0.2, -0.15) is 0 Å². The number of hydrogen-bond donors (Lipinski definition) is 1. The van der Waals surface area contributed by atoms with Crippen LogP contribution in [0.4, 0.5) is 10.1 Å². The molecule has 1 aromatic carbocycles. The van der Waals surface area contributed by atoms with Crippen LogP contribution in [-0.2, 0) is 14.3 Å². The van der Waals surface area contributed by atoms with Crippen molar-refractivity contribution < 1.29 is 18.7 Å². The molecule has 2 heterocycles. The summed E-state index contributed by atoms with van der Waals surface area (Å²) in [6.45, 7) is 8.65. The maximum atomic E-state index is 13.6. The maximum Gasteiger partial charge on any atom is 0.238 e. The number of likely N-dealkylation sites (tertiary alicyclic amines) is 1. The number of hydrogen-bond acceptors (Lipinski definition) is 4. The zero-order chi connectivity index (χ0) is 20.3. The minimum atomic E-state index is -0.330. The smallest absolute Gasteiger partial charge is 0.238 e. The fraction of sp³-hybridized carbons (Fsp3) is 0.619. The predicted octanol–water partition coefficient (Wildman–Crippen LogP) is 2.42. The summed E-state index contributed by atoms with van der Waals surface area (Å²) in [5.74, 6) is -0.267. The summed E-state index contributed by atoms with van der Waals surface area (Å²) in [6, 6.07) is 4.68. The first-order chi connectivity index (χ1) is 13.3. The summed E-state index contributed by atoms with van der Waals surface area (Å²) >= 11 is 0. The van der Waals surface area contributed by atoms with Crippen molar-refractivity contribution in [2.24, 2.45) is 5.92 Å². The second-order valence-corrected chi connectivity index (χ2v) is 8.06. The van der Waals surface area contributed by atoms with Crippen LogP contribution in [0.2, 0.25) is 0 Å². The Morgan fingerprint density at radius 2 is 1.82 bits per heavy atom. The predicted molar refractivity (Wildman–Crippen MR) is 106 cm³/mol. The fourth-order valence-electron chi connectivity index (χ4n) is 4.03. The molecule has 2 unspecified atom stereocenters. The number of nitrogens with zero attached hydrogens (tertiary/aromatic N) is 2. The summed E-state index contributed by atoms with van der Waals surface area (Å²) in [4.78, 5) is 29.0. The molecule has 2 fully saturated rings. The molecule has 0 spiro atoms. The van der Waals surface area contributed by atoms with Gasteiger partial charge in [0, 0.05) is 24.7 Å². The lowest BCUT2D eigenvalue weighted by atomic mass is 9.94. The average Bonchev–Trinajstić information content (AvgIpc) is 2.64. The molecule has 28 heavy (non-hydrogen) atoms. The highest BCUT2D eigenvalue weighted by Gasteiger charge is 2.32. The molecule has 6 nitrogen and oxygen atoms in total. The van der Waals surface area contributed by atoms with Crippen LogP contribution in [0, 0.1) is 18.7 Å². The van der Waals surface area contributed by atoms with Crippen LogP contribution in [0.15, 0.2) is 18.2 Å². The lowest BCUT2D eigenvalue weighted by Gasteiger charge is -2.39. The fourth-order valence-corrected chi connectivity index (χ4v) is 4.03. The van der Waals surface area contributed by atoms with E-state index in [0.29, 0.717) is 37.4 Å². The van der Waals surface area contributed by atoms with Gasteiger partial charge in [0.1, 0.15) is 5.82 Å². The largest absolute Gasteiger partial charge is 0.372 e.